The minimum Gasteiger partial charge on any atom is -0.254 e. The summed E-state index contributed by atoms with van der Waals surface area (Å²) in [6, 6.07) is 45.8. The van der Waals surface area contributed by atoms with Crippen LogP contribution in [-0.2, 0) is 0 Å². The molecule has 0 fully saturated rings. The number of fused-ring (bicyclic) bond motifs is 7. The van der Waals surface area contributed by atoms with E-state index < -0.39 is 5.82 Å². The van der Waals surface area contributed by atoms with E-state index in [9.17, 15) is 0 Å². The average molecular weight is 748 g/mol. The Hall–Kier alpha value is -7.84. The number of benzene rings is 6. The summed E-state index contributed by atoms with van der Waals surface area (Å²) in [5.74, 6) is 0.708. The van der Waals surface area contributed by atoms with Crippen molar-refractivity contribution in [3.8, 4) is 56.4 Å². The number of hydrogen-bond acceptors (Lipinski definition) is 7. The summed E-state index contributed by atoms with van der Waals surface area (Å²) in [4.78, 5) is 33.5. The summed E-state index contributed by atoms with van der Waals surface area (Å²) < 4.78 is 16.6. The maximum atomic E-state index is 16.6. The van der Waals surface area contributed by atoms with Gasteiger partial charge in [-0.3, -0.25) is 19.9 Å². The standard InChI is InChI=1S/C50H30FN7/c1-29-24-32(41-26-34-10-4-20-52-44(34)46-38(41)12-6-22-54-46)16-18-37(29)49-56-48(36-15-14-30-8-2-3-9-31(30)25-36)57-50(58-49)40-19-17-33(28-43(40)51)42-27-35-11-5-21-53-45(35)47-39(42)13-7-23-55-47/h2-28H,1H3. The van der Waals surface area contributed by atoms with Gasteiger partial charge in [0.15, 0.2) is 17.5 Å². The first-order chi connectivity index (χ1) is 28.6. The molecule has 0 bridgehead atoms. The molecule has 8 heteroatoms. The molecule has 0 atom stereocenters. The van der Waals surface area contributed by atoms with Crippen molar-refractivity contribution in [1.82, 2.24) is 34.9 Å². The van der Waals surface area contributed by atoms with Crippen LogP contribution < -0.4 is 0 Å². The first-order valence-electron chi connectivity index (χ1n) is 19.0. The van der Waals surface area contributed by atoms with E-state index in [1.165, 1.54) is 0 Å². The second-order valence-electron chi connectivity index (χ2n) is 14.4. The zero-order valence-electron chi connectivity index (χ0n) is 31.1. The van der Waals surface area contributed by atoms with Gasteiger partial charge in [0.05, 0.1) is 27.6 Å². The number of halogens is 1. The van der Waals surface area contributed by atoms with Crippen LogP contribution in [-0.4, -0.2) is 34.9 Å². The molecular formula is C50H30FN7. The molecule has 5 aromatic heterocycles. The van der Waals surface area contributed by atoms with E-state index in [0.717, 1.165) is 87.8 Å². The Labute approximate surface area is 331 Å². The number of aryl methyl sites for hydroxylation is 1. The lowest BCUT2D eigenvalue weighted by Gasteiger charge is -2.14. The SMILES string of the molecule is Cc1cc(-c2cc3cccnc3c3ncccc23)ccc1-c1nc(-c2ccc3ccccc3c2)nc(-c2ccc(-c3cc4cccnc4c4ncccc34)cc2F)n1. The Kier molecular flexibility index (Phi) is 7.75. The van der Waals surface area contributed by atoms with Gasteiger partial charge in [0, 0.05) is 57.5 Å². The van der Waals surface area contributed by atoms with Crippen molar-refractivity contribution >= 4 is 54.4 Å². The fourth-order valence-electron chi connectivity index (χ4n) is 8.05. The van der Waals surface area contributed by atoms with E-state index in [1.807, 2.05) is 72.8 Å². The molecule has 7 nitrogen and oxygen atoms in total. The van der Waals surface area contributed by atoms with Crippen molar-refractivity contribution in [3.05, 3.63) is 176 Å². The van der Waals surface area contributed by atoms with E-state index in [2.05, 4.69) is 76.5 Å². The summed E-state index contributed by atoms with van der Waals surface area (Å²) in [6.07, 6.45) is 7.12. The smallest absolute Gasteiger partial charge is 0.167 e. The molecule has 0 radical (unpaired) electrons. The Balaban J connectivity index is 1.06. The van der Waals surface area contributed by atoms with Crippen LogP contribution in [0.25, 0.3) is 111 Å². The number of hydrogen-bond donors (Lipinski definition) is 0. The maximum Gasteiger partial charge on any atom is 0.167 e. The van der Waals surface area contributed by atoms with Gasteiger partial charge in [0.2, 0.25) is 0 Å². The topological polar surface area (TPSA) is 90.2 Å². The summed E-state index contributed by atoms with van der Waals surface area (Å²) in [6.45, 7) is 2.05. The molecule has 0 unspecified atom stereocenters. The predicted molar refractivity (Wildman–Crippen MR) is 230 cm³/mol. The van der Waals surface area contributed by atoms with Crippen LogP contribution in [0.3, 0.4) is 0 Å². The van der Waals surface area contributed by atoms with Crippen LogP contribution in [0, 0.1) is 12.7 Å². The average Bonchev–Trinajstić information content (AvgIpc) is 3.28. The number of rotatable bonds is 5. The lowest BCUT2D eigenvalue weighted by molar-refractivity contribution is 0.630. The fourth-order valence-corrected chi connectivity index (χ4v) is 8.05. The lowest BCUT2D eigenvalue weighted by atomic mass is 9.95. The molecule has 0 N–H and O–H groups in total. The molecule has 11 aromatic rings. The highest BCUT2D eigenvalue weighted by atomic mass is 19.1. The van der Waals surface area contributed by atoms with Gasteiger partial charge in [-0.05, 0) is 100 Å². The second-order valence-corrected chi connectivity index (χ2v) is 14.4. The van der Waals surface area contributed by atoms with Crippen LogP contribution in [0.5, 0.6) is 0 Å². The van der Waals surface area contributed by atoms with Crippen LogP contribution in [0.1, 0.15) is 5.56 Å². The zero-order valence-corrected chi connectivity index (χ0v) is 31.1. The van der Waals surface area contributed by atoms with Crippen LogP contribution in [0.2, 0.25) is 0 Å². The van der Waals surface area contributed by atoms with E-state index in [-0.39, 0.29) is 11.4 Å². The van der Waals surface area contributed by atoms with Gasteiger partial charge < -0.3 is 0 Å². The quantitative estimate of drug-likeness (QED) is 0.162. The van der Waals surface area contributed by atoms with Crippen LogP contribution >= 0.6 is 0 Å². The monoisotopic (exact) mass is 747 g/mol. The normalized spacial score (nSPS) is 11.6. The fraction of sp³-hybridized carbons (Fsp3) is 0.0200. The molecule has 0 aliphatic heterocycles. The highest BCUT2D eigenvalue weighted by Crippen LogP contribution is 2.38. The molecule has 272 valence electrons. The molecule has 0 amide bonds. The van der Waals surface area contributed by atoms with Gasteiger partial charge in [0.25, 0.3) is 0 Å². The van der Waals surface area contributed by atoms with Gasteiger partial charge in [-0.2, -0.15) is 0 Å². The van der Waals surface area contributed by atoms with Crippen molar-refractivity contribution in [3.63, 3.8) is 0 Å². The molecule has 0 spiro atoms. The summed E-state index contributed by atoms with van der Waals surface area (Å²) in [5.41, 5.74) is 9.83. The Morgan fingerprint density at radius 2 is 0.862 bits per heavy atom. The maximum absolute atomic E-state index is 16.6. The number of aromatic nitrogens is 7. The minimum atomic E-state index is -0.444. The van der Waals surface area contributed by atoms with Gasteiger partial charge >= 0.3 is 0 Å². The van der Waals surface area contributed by atoms with E-state index in [0.29, 0.717) is 17.2 Å². The molecule has 0 saturated carbocycles. The third kappa shape index (κ3) is 5.61. The summed E-state index contributed by atoms with van der Waals surface area (Å²) in [7, 11) is 0. The van der Waals surface area contributed by atoms with E-state index in [1.54, 1.807) is 36.9 Å². The molecule has 5 heterocycles. The number of nitrogens with zero attached hydrogens (tertiary/aromatic N) is 7. The zero-order chi connectivity index (χ0) is 38.7. The summed E-state index contributed by atoms with van der Waals surface area (Å²) in [5, 5.41) is 6.02. The van der Waals surface area contributed by atoms with Gasteiger partial charge in [-0.25, -0.2) is 19.3 Å². The third-order valence-corrected chi connectivity index (χ3v) is 10.9. The Morgan fingerprint density at radius 3 is 1.48 bits per heavy atom. The van der Waals surface area contributed by atoms with Gasteiger partial charge in [-0.15, -0.1) is 0 Å². The first-order valence-corrected chi connectivity index (χ1v) is 19.0. The van der Waals surface area contributed by atoms with Crippen molar-refractivity contribution in [2.24, 2.45) is 0 Å². The molecule has 6 aromatic carbocycles. The van der Waals surface area contributed by atoms with Gasteiger partial charge in [0.1, 0.15) is 5.82 Å². The Bertz CT molecular complexity index is 3270. The molecule has 0 saturated heterocycles. The summed E-state index contributed by atoms with van der Waals surface area (Å²) >= 11 is 0. The van der Waals surface area contributed by atoms with Crippen molar-refractivity contribution in [2.75, 3.05) is 0 Å². The van der Waals surface area contributed by atoms with Crippen LogP contribution in [0.4, 0.5) is 4.39 Å². The predicted octanol–water partition coefficient (Wildman–Crippen LogP) is 12.0. The minimum absolute atomic E-state index is 0.244. The highest BCUT2D eigenvalue weighted by molar-refractivity contribution is 6.11. The highest BCUT2D eigenvalue weighted by Gasteiger charge is 2.19. The molecule has 0 aliphatic rings. The lowest BCUT2D eigenvalue weighted by Crippen LogP contribution is -2.02. The van der Waals surface area contributed by atoms with Crippen molar-refractivity contribution < 1.29 is 4.39 Å². The second kappa shape index (κ2) is 13.4. The first kappa shape index (κ1) is 33.5. The van der Waals surface area contributed by atoms with E-state index >= 15 is 4.39 Å². The van der Waals surface area contributed by atoms with Gasteiger partial charge in [-0.1, -0.05) is 84.9 Å². The Morgan fingerprint density at radius 1 is 0.362 bits per heavy atom. The van der Waals surface area contributed by atoms with Crippen molar-refractivity contribution in [2.45, 2.75) is 6.92 Å². The molecule has 11 rings (SSSR count). The molecule has 0 aliphatic carbocycles. The van der Waals surface area contributed by atoms with E-state index in [4.69, 9.17) is 19.9 Å². The van der Waals surface area contributed by atoms with Crippen molar-refractivity contribution in [1.29, 1.82) is 0 Å². The molecule has 58 heavy (non-hydrogen) atoms. The third-order valence-electron chi connectivity index (χ3n) is 10.9. The number of pyridine rings is 4. The molecular weight excluding hydrogens is 718 g/mol. The largest absolute Gasteiger partial charge is 0.254 e. The van der Waals surface area contributed by atoms with Crippen LogP contribution in [0.15, 0.2) is 164 Å².